The van der Waals surface area contributed by atoms with Gasteiger partial charge in [-0.1, -0.05) is 12.8 Å². The van der Waals surface area contributed by atoms with Gasteiger partial charge in [0.2, 0.25) is 0 Å². The van der Waals surface area contributed by atoms with Crippen molar-refractivity contribution in [3.63, 3.8) is 0 Å². The number of nitrogens with one attached hydrogen (secondary N) is 1. The van der Waals surface area contributed by atoms with E-state index < -0.39 is 5.97 Å². The van der Waals surface area contributed by atoms with Gasteiger partial charge in [-0.15, -0.1) is 0 Å². The molecule has 1 aromatic carbocycles. The van der Waals surface area contributed by atoms with Crippen LogP contribution in [-0.4, -0.2) is 26.2 Å². The van der Waals surface area contributed by atoms with Crippen molar-refractivity contribution < 1.29 is 15.0 Å². The molecule has 106 valence electrons. The average Bonchev–Trinajstić information content (AvgIpc) is 2.94. The third-order valence-corrected chi connectivity index (χ3v) is 4.25. The minimum Gasteiger partial charge on any atom is -0.508 e. The molecule has 5 nitrogen and oxygen atoms in total. The van der Waals surface area contributed by atoms with Crippen LogP contribution in [-0.2, 0) is 11.2 Å². The third-order valence-electron chi connectivity index (χ3n) is 4.25. The molecular weight excluding hydrogens is 256 g/mol. The molecule has 1 aliphatic rings. The number of aromatic amines is 1. The lowest BCUT2D eigenvalue weighted by Crippen LogP contribution is -2.24. The highest BCUT2D eigenvalue weighted by Gasteiger charge is 2.37. The van der Waals surface area contributed by atoms with E-state index in [1.807, 2.05) is 0 Å². The molecule has 20 heavy (non-hydrogen) atoms. The van der Waals surface area contributed by atoms with Crippen LogP contribution in [0.4, 0.5) is 0 Å². The summed E-state index contributed by atoms with van der Waals surface area (Å²) in [4.78, 5) is 18.8. The van der Waals surface area contributed by atoms with Crippen molar-refractivity contribution in [1.29, 1.82) is 0 Å². The van der Waals surface area contributed by atoms with E-state index in [2.05, 4.69) is 9.97 Å². The smallest absolute Gasteiger partial charge is 0.303 e. The molecule has 0 aliphatic heterocycles. The van der Waals surface area contributed by atoms with Gasteiger partial charge in [0.05, 0.1) is 17.5 Å². The summed E-state index contributed by atoms with van der Waals surface area (Å²) < 4.78 is 0. The summed E-state index contributed by atoms with van der Waals surface area (Å²) in [5.41, 5.74) is 1.44. The van der Waals surface area contributed by atoms with E-state index in [1.165, 1.54) is 0 Å². The van der Waals surface area contributed by atoms with Crippen LogP contribution in [0, 0.1) is 5.41 Å². The standard InChI is InChI=1S/C15H18N2O3/c18-10-3-4-11-12(7-10)17-13(16-11)8-15(9-14(19)20)5-1-2-6-15/h3-4,7,18H,1-2,5-6,8-9H2,(H,16,17)(H,19,20). The zero-order chi connectivity index (χ0) is 14.2. The van der Waals surface area contributed by atoms with Crippen LogP contribution in [0.5, 0.6) is 5.75 Å². The second-order valence-electron chi connectivity index (χ2n) is 5.84. The maximum absolute atomic E-state index is 11.1. The van der Waals surface area contributed by atoms with Gasteiger partial charge in [-0.05, 0) is 30.4 Å². The largest absolute Gasteiger partial charge is 0.508 e. The van der Waals surface area contributed by atoms with Crippen molar-refractivity contribution in [2.75, 3.05) is 0 Å². The second kappa shape index (κ2) is 4.81. The molecule has 0 saturated heterocycles. The molecule has 3 N–H and O–H groups in total. The van der Waals surface area contributed by atoms with Crippen molar-refractivity contribution in [1.82, 2.24) is 9.97 Å². The summed E-state index contributed by atoms with van der Waals surface area (Å²) in [6.45, 7) is 0. The number of H-pyrrole nitrogens is 1. The van der Waals surface area contributed by atoms with Gasteiger partial charge in [0.25, 0.3) is 0 Å². The van der Waals surface area contributed by atoms with E-state index in [9.17, 15) is 9.90 Å². The molecular formula is C15H18N2O3. The molecule has 1 heterocycles. The first-order valence-corrected chi connectivity index (χ1v) is 6.96. The Bertz CT molecular complexity index is 642. The van der Waals surface area contributed by atoms with Crippen molar-refractivity contribution in [3.8, 4) is 5.75 Å². The van der Waals surface area contributed by atoms with E-state index >= 15 is 0 Å². The van der Waals surface area contributed by atoms with Crippen LogP contribution in [0.1, 0.15) is 37.9 Å². The zero-order valence-corrected chi connectivity index (χ0v) is 11.2. The topological polar surface area (TPSA) is 86.2 Å². The summed E-state index contributed by atoms with van der Waals surface area (Å²) in [6, 6.07) is 5.02. The molecule has 1 aliphatic carbocycles. The minimum absolute atomic E-state index is 0.165. The van der Waals surface area contributed by atoms with Crippen molar-refractivity contribution in [2.24, 2.45) is 5.41 Å². The number of hydrogen-bond acceptors (Lipinski definition) is 3. The Morgan fingerprint density at radius 3 is 2.80 bits per heavy atom. The van der Waals surface area contributed by atoms with Gasteiger partial charge < -0.3 is 15.2 Å². The molecule has 0 unspecified atom stereocenters. The number of aliphatic carboxylic acids is 1. The molecule has 1 saturated carbocycles. The number of phenolic OH excluding ortho intramolecular Hbond substituents is 1. The van der Waals surface area contributed by atoms with Crippen LogP contribution >= 0.6 is 0 Å². The van der Waals surface area contributed by atoms with Gasteiger partial charge in [0.1, 0.15) is 11.6 Å². The summed E-state index contributed by atoms with van der Waals surface area (Å²) in [5, 5.41) is 18.6. The molecule has 0 spiro atoms. The number of aromatic nitrogens is 2. The fourth-order valence-corrected chi connectivity index (χ4v) is 3.35. The lowest BCUT2D eigenvalue weighted by atomic mass is 9.79. The van der Waals surface area contributed by atoms with Crippen LogP contribution in [0.25, 0.3) is 11.0 Å². The first kappa shape index (κ1) is 13.0. The predicted molar refractivity (Wildman–Crippen MR) is 74.6 cm³/mol. The lowest BCUT2D eigenvalue weighted by molar-refractivity contribution is -0.139. The Hall–Kier alpha value is -2.04. The van der Waals surface area contributed by atoms with Gasteiger partial charge in [-0.2, -0.15) is 0 Å². The van der Waals surface area contributed by atoms with E-state index in [0.29, 0.717) is 6.42 Å². The minimum atomic E-state index is -0.736. The molecule has 0 bridgehead atoms. The third kappa shape index (κ3) is 2.48. The maximum atomic E-state index is 11.1. The zero-order valence-electron chi connectivity index (χ0n) is 11.2. The maximum Gasteiger partial charge on any atom is 0.303 e. The molecule has 5 heteroatoms. The van der Waals surface area contributed by atoms with Crippen LogP contribution < -0.4 is 0 Å². The van der Waals surface area contributed by atoms with Gasteiger partial charge in [-0.25, -0.2) is 4.98 Å². The van der Waals surface area contributed by atoms with Crippen molar-refractivity contribution in [2.45, 2.75) is 38.5 Å². The highest BCUT2D eigenvalue weighted by atomic mass is 16.4. The Morgan fingerprint density at radius 1 is 1.35 bits per heavy atom. The monoisotopic (exact) mass is 274 g/mol. The number of carbonyl (C=O) groups is 1. The van der Waals surface area contributed by atoms with E-state index in [-0.39, 0.29) is 17.6 Å². The average molecular weight is 274 g/mol. The first-order chi connectivity index (χ1) is 9.56. The van der Waals surface area contributed by atoms with E-state index in [1.54, 1.807) is 18.2 Å². The fraction of sp³-hybridized carbons (Fsp3) is 0.467. The number of aromatic hydroxyl groups is 1. The second-order valence-corrected chi connectivity index (χ2v) is 5.84. The Labute approximate surface area is 116 Å². The fourth-order valence-electron chi connectivity index (χ4n) is 3.35. The number of imidazole rings is 1. The van der Waals surface area contributed by atoms with Crippen molar-refractivity contribution >= 4 is 17.0 Å². The summed E-state index contributed by atoms with van der Waals surface area (Å²) in [6.07, 6.45) is 4.94. The van der Waals surface area contributed by atoms with Crippen LogP contribution in [0.3, 0.4) is 0 Å². The number of carboxylic acid groups (broad SMARTS) is 1. The number of fused-ring (bicyclic) bond motifs is 1. The summed E-state index contributed by atoms with van der Waals surface area (Å²) in [7, 11) is 0. The first-order valence-electron chi connectivity index (χ1n) is 6.96. The number of benzene rings is 1. The summed E-state index contributed by atoms with van der Waals surface area (Å²) in [5.74, 6) is 0.281. The molecule has 0 radical (unpaired) electrons. The van der Waals surface area contributed by atoms with Crippen LogP contribution in [0.2, 0.25) is 0 Å². The molecule has 1 fully saturated rings. The van der Waals surface area contributed by atoms with Crippen molar-refractivity contribution in [3.05, 3.63) is 24.0 Å². The van der Waals surface area contributed by atoms with Gasteiger partial charge >= 0.3 is 5.97 Å². The molecule has 1 aromatic heterocycles. The predicted octanol–water partition coefficient (Wildman–Crippen LogP) is 2.85. The van der Waals surface area contributed by atoms with Gasteiger partial charge in [0.15, 0.2) is 0 Å². The molecule has 3 rings (SSSR count). The van der Waals surface area contributed by atoms with E-state index in [4.69, 9.17) is 5.11 Å². The normalized spacial score (nSPS) is 17.6. The number of nitrogens with zero attached hydrogens (tertiary/aromatic N) is 1. The quantitative estimate of drug-likeness (QED) is 0.800. The summed E-state index contributed by atoms with van der Waals surface area (Å²) >= 11 is 0. The SMILES string of the molecule is O=C(O)CC1(Cc2nc3ccc(O)cc3[nH]2)CCCC1. The number of phenols is 1. The Kier molecular flexibility index (Phi) is 3.12. The molecule has 0 amide bonds. The van der Waals surface area contributed by atoms with Crippen LogP contribution in [0.15, 0.2) is 18.2 Å². The number of carboxylic acids is 1. The van der Waals surface area contributed by atoms with Gasteiger partial charge in [-0.3, -0.25) is 4.79 Å². The van der Waals surface area contributed by atoms with E-state index in [0.717, 1.165) is 42.5 Å². The highest BCUT2D eigenvalue weighted by molar-refractivity contribution is 5.76. The Balaban J connectivity index is 1.88. The molecule has 0 atom stereocenters. The number of rotatable bonds is 4. The molecule has 2 aromatic rings. The van der Waals surface area contributed by atoms with Gasteiger partial charge in [0, 0.05) is 12.5 Å². The lowest BCUT2D eigenvalue weighted by Gasteiger charge is -2.25. The highest BCUT2D eigenvalue weighted by Crippen LogP contribution is 2.43. The number of hydrogen-bond donors (Lipinski definition) is 3. The Morgan fingerprint density at radius 2 is 2.10 bits per heavy atom.